The van der Waals surface area contributed by atoms with E-state index in [0.29, 0.717) is 18.3 Å². The van der Waals surface area contributed by atoms with Gasteiger partial charge < -0.3 is 5.32 Å². The molecule has 0 radical (unpaired) electrons. The molecule has 0 amide bonds. The van der Waals surface area contributed by atoms with Crippen molar-refractivity contribution in [2.75, 3.05) is 17.0 Å². The van der Waals surface area contributed by atoms with Crippen molar-refractivity contribution < 1.29 is 8.42 Å². The molecule has 0 bridgehead atoms. The molecule has 0 unspecified atom stereocenters. The summed E-state index contributed by atoms with van der Waals surface area (Å²) in [6.45, 7) is 0.518. The Morgan fingerprint density at radius 3 is 2.76 bits per heavy atom. The number of nitrogens with one attached hydrogen (secondary N) is 2. The van der Waals surface area contributed by atoms with E-state index in [9.17, 15) is 8.42 Å². The van der Waals surface area contributed by atoms with Crippen LogP contribution in [-0.2, 0) is 10.0 Å². The van der Waals surface area contributed by atoms with Crippen molar-refractivity contribution in [1.29, 1.82) is 0 Å². The minimum Gasteiger partial charge on any atom is -0.313 e. The van der Waals surface area contributed by atoms with Gasteiger partial charge in [-0.3, -0.25) is 4.72 Å². The van der Waals surface area contributed by atoms with Gasteiger partial charge in [0, 0.05) is 21.8 Å². The van der Waals surface area contributed by atoms with E-state index in [0.717, 1.165) is 3.57 Å². The summed E-state index contributed by atoms with van der Waals surface area (Å²) < 4.78 is 27.1. The van der Waals surface area contributed by atoms with Crippen LogP contribution < -0.4 is 10.0 Å². The number of halogens is 1. The third-order valence-corrected chi connectivity index (χ3v) is 4.44. The van der Waals surface area contributed by atoms with E-state index >= 15 is 0 Å². The van der Waals surface area contributed by atoms with Gasteiger partial charge in [0.2, 0.25) is 10.0 Å². The molecule has 1 aromatic carbocycles. The van der Waals surface area contributed by atoms with Crippen molar-refractivity contribution in [1.82, 2.24) is 5.32 Å². The van der Waals surface area contributed by atoms with Crippen LogP contribution in [0.4, 0.5) is 5.69 Å². The van der Waals surface area contributed by atoms with Crippen molar-refractivity contribution >= 4 is 38.3 Å². The Kier molecular flexibility index (Phi) is 4.26. The van der Waals surface area contributed by atoms with Crippen LogP contribution in [0.5, 0.6) is 0 Å². The monoisotopic (exact) mass is 366 g/mol. The highest BCUT2D eigenvalue weighted by molar-refractivity contribution is 14.1. The summed E-state index contributed by atoms with van der Waals surface area (Å²) in [4.78, 5) is 0. The third kappa shape index (κ3) is 4.81. The van der Waals surface area contributed by atoms with E-state index in [1.54, 1.807) is 6.07 Å². The highest BCUT2D eigenvalue weighted by Crippen LogP contribution is 2.18. The Morgan fingerprint density at radius 2 is 2.12 bits per heavy atom. The van der Waals surface area contributed by atoms with Crippen LogP contribution in [0.2, 0.25) is 0 Å². The van der Waals surface area contributed by atoms with E-state index in [1.165, 1.54) is 12.8 Å². The molecule has 1 aromatic rings. The largest absolute Gasteiger partial charge is 0.313 e. The molecule has 0 heterocycles. The zero-order valence-electron chi connectivity index (χ0n) is 9.32. The van der Waals surface area contributed by atoms with E-state index in [-0.39, 0.29) is 5.75 Å². The fourth-order valence-corrected chi connectivity index (χ4v) is 2.99. The van der Waals surface area contributed by atoms with E-state index < -0.39 is 10.0 Å². The molecular formula is C11H15IN2O2S. The molecule has 0 saturated heterocycles. The van der Waals surface area contributed by atoms with Crippen LogP contribution in [0.15, 0.2) is 24.3 Å². The first-order valence-corrected chi connectivity index (χ1v) is 8.28. The standard InChI is InChI=1S/C11H15IN2O2S/c12-9-2-1-3-11(8-9)14-17(15,16)7-6-13-10-4-5-10/h1-3,8,10,13-14H,4-7H2. The molecular weight excluding hydrogens is 351 g/mol. The second-order valence-corrected chi connectivity index (χ2v) is 7.25. The zero-order valence-corrected chi connectivity index (χ0v) is 12.3. The van der Waals surface area contributed by atoms with Gasteiger partial charge in [-0.25, -0.2) is 8.42 Å². The maximum Gasteiger partial charge on any atom is 0.233 e. The average molecular weight is 366 g/mol. The first-order chi connectivity index (χ1) is 8.05. The summed E-state index contributed by atoms with van der Waals surface area (Å²) >= 11 is 2.16. The number of hydrogen-bond acceptors (Lipinski definition) is 3. The van der Waals surface area contributed by atoms with Gasteiger partial charge in [-0.15, -0.1) is 0 Å². The number of sulfonamides is 1. The lowest BCUT2D eigenvalue weighted by molar-refractivity contribution is 0.595. The molecule has 17 heavy (non-hydrogen) atoms. The fraction of sp³-hybridized carbons (Fsp3) is 0.455. The molecule has 6 heteroatoms. The molecule has 0 aliphatic heterocycles. The molecule has 0 spiro atoms. The van der Waals surface area contributed by atoms with Crippen LogP contribution in [0.25, 0.3) is 0 Å². The molecule has 1 fully saturated rings. The predicted molar refractivity (Wildman–Crippen MR) is 77.6 cm³/mol. The van der Waals surface area contributed by atoms with Crippen molar-refractivity contribution in [3.8, 4) is 0 Å². The fourth-order valence-electron chi connectivity index (χ4n) is 1.47. The Morgan fingerprint density at radius 1 is 1.35 bits per heavy atom. The van der Waals surface area contributed by atoms with Gasteiger partial charge >= 0.3 is 0 Å². The van der Waals surface area contributed by atoms with Crippen LogP contribution in [-0.4, -0.2) is 26.8 Å². The number of benzene rings is 1. The molecule has 1 aliphatic rings. The minimum atomic E-state index is -3.24. The van der Waals surface area contributed by atoms with Crippen LogP contribution in [0.1, 0.15) is 12.8 Å². The van der Waals surface area contributed by atoms with Crippen molar-refractivity contribution in [2.24, 2.45) is 0 Å². The minimum absolute atomic E-state index is 0.120. The normalized spacial score (nSPS) is 15.8. The third-order valence-electron chi connectivity index (χ3n) is 2.48. The topological polar surface area (TPSA) is 58.2 Å². The van der Waals surface area contributed by atoms with Crippen LogP contribution in [0, 0.1) is 3.57 Å². The molecule has 2 rings (SSSR count). The maximum absolute atomic E-state index is 11.8. The first-order valence-electron chi connectivity index (χ1n) is 5.55. The Labute approximate surface area is 115 Å². The van der Waals surface area contributed by atoms with E-state index in [1.807, 2.05) is 18.2 Å². The number of hydrogen-bond donors (Lipinski definition) is 2. The van der Waals surface area contributed by atoms with Gasteiger partial charge in [-0.05, 0) is 53.6 Å². The second-order valence-electron chi connectivity index (χ2n) is 4.16. The second kappa shape index (κ2) is 5.53. The summed E-state index contributed by atoms with van der Waals surface area (Å²) in [5.74, 6) is 0.120. The molecule has 1 saturated carbocycles. The molecule has 4 nitrogen and oxygen atoms in total. The van der Waals surface area contributed by atoms with Gasteiger partial charge in [0.15, 0.2) is 0 Å². The van der Waals surface area contributed by atoms with Gasteiger partial charge in [-0.2, -0.15) is 0 Å². The van der Waals surface area contributed by atoms with Gasteiger partial charge in [0.25, 0.3) is 0 Å². The molecule has 0 aromatic heterocycles. The van der Waals surface area contributed by atoms with Gasteiger partial charge in [0.05, 0.1) is 5.75 Å². The lowest BCUT2D eigenvalue weighted by atomic mass is 10.3. The smallest absolute Gasteiger partial charge is 0.233 e. The van der Waals surface area contributed by atoms with E-state index in [4.69, 9.17) is 0 Å². The Bertz CT molecular complexity index is 486. The Balaban J connectivity index is 1.86. The van der Waals surface area contributed by atoms with Gasteiger partial charge in [-0.1, -0.05) is 6.07 Å². The van der Waals surface area contributed by atoms with E-state index in [2.05, 4.69) is 32.6 Å². The zero-order chi connectivity index (χ0) is 12.3. The summed E-state index contributed by atoms with van der Waals surface area (Å²) in [5.41, 5.74) is 0.628. The van der Waals surface area contributed by atoms with Crippen molar-refractivity contribution in [2.45, 2.75) is 18.9 Å². The lowest BCUT2D eigenvalue weighted by Crippen LogP contribution is -2.28. The lowest BCUT2D eigenvalue weighted by Gasteiger charge is -2.08. The SMILES string of the molecule is O=S(=O)(CCNC1CC1)Nc1cccc(I)c1. The molecule has 0 atom stereocenters. The van der Waals surface area contributed by atoms with Crippen molar-refractivity contribution in [3.63, 3.8) is 0 Å². The maximum atomic E-state index is 11.8. The first kappa shape index (κ1) is 13.1. The molecule has 2 N–H and O–H groups in total. The highest BCUT2D eigenvalue weighted by atomic mass is 127. The number of anilines is 1. The predicted octanol–water partition coefficient (Wildman–Crippen LogP) is 1.78. The number of rotatable bonds is 6. The van der Waals surface area contributed by atoms with Gasteiger partial charge in [0.1, 0.15) is 0 Å². The summed E-state index contributed by atoms with van der Waals surface area (Å²) in [5, 5.41) is 3.19. The summed E-state index contributed by atoms with van der Waals surface area (Å²) in [6.07, 6.45) is 2.34. The summed E-state index contributed by atoms with van der Waals surface area (Å²) in [7, 11) is -3.24. The molecule has 1 aliphatic carbocycles. The quantitative estimate of drug-likeness (QED) is 0.755. The van der Waals surface area contributed by atoms with Crippen LogP contribution >= 0.6 is 22.6 Å². The Hall–Kier alpha value is -0.340. The van der Waals surface area contributed by atoms with Crippen molar-refractivity contribution in [3.05, 3.63) is 27.8 Å². The molecule has 94 valence electrons. The average Bonchev–Trinajstić information content (AvgIpc) is 3.00. The van der Waals surface area contributed by atoms with Crippen LogP contribution in [0.3, 0.4) is 0 Å². The highest BCUT2D eigenvalue weighted by Gasteiger charge is 2.21. The summed E-state index contributed by atoms with van der Waals surface area (Å²) in [6, 6.07) is 7.87.